The number of amides is 1. The quantitative estimate of drug-likeness (QED) is 0.599. The van der Waals surface area contributed by atoms with Crippen molar-refractivity contribution in [2.75, 3.05) is 6.61 Å². The van der Waals surface area contributed by atoms with E-state index in [2.05, 4.69) is 10.3 Å². The first-order valence-electron chi connectivity index (χ1n) is 5.05. The van der Waals surface area contributed by atoms with Crippen molar-refractivity contribution in [2.24, 2.45) is 0 Å². The maximum Gasteiger partial charge on any atom is 0.358 e. The van der Waals surface area contributed by atoms with Crippen molar-refractivity contribution in [1.29, 1.82) is 0 Å². The van der Waals surface area contributed by atoms with Crippen molar-refractivity contribution in [3.63, 3.8) is 0 Å². The number of esters is 1. The molecule has 1 rings (SSSR count). The average Bonchev–Trinajstić information content (AvgIpc) is 2.70. The van der Waals surface area contributed by atoms with Gasteiger partial charge in [-0.15, -0.1) is 11.3 Å². The van der Waals surface area contributed by atoms with Crippen molar-refractivity contribution < 1.29 is 14.3 Å². The van der Waals surface area contributed by atoms with Crippen LogP contribution in [-0.2, 0) is 22.5 Å². The van der Waals surface area contributed by atoms with Crippen LogP contribution in [0.4, 0.5) is 0 Å². The second-order valence-electron chi connectivity index (χ2n) is 2.95. The van der Waals surface area contributed by atoms with Gasteiger partial charge in [0.15, 0.2) is 5.69 Å². The fraction of sp³-hybridized carbons (Fsp3) is 0.500. The summed E-state index contributed by atoms with van der Waals surface area (Å²) in [5.74, 6) is -0.395. The molecule has 0 saturated carbocycles. The Balaban J connectivity index is 2.85. The van der Waals surface area contributed by atoms with Crippen LogP contribution in [0.5, 0.6) is 0 Å². The number of hydrogen-bond acceptors (Lipinski definition) is 5. The summed E-state index contributed by atoms with van der Waals surface area (Å²) < 4.78 is 4.90. The lowest BCUT2D eigenvalue weighted by molar-refractivity contribution is -0.109. The number of hydrogen-bond donors (Lipinski definition) is 1. The molecule has 0 spiro atoms. The van der Waals surface area contributed by atoms with Gasteiger partial charge in [-0.25, -0.2) is 9.78 Å². The minimum absolute atomic E-state index is 0.335. The summed E-state index contributed by atoms with van der Waals surface area (Å²) in [7, 11) is 0. The topological polar surface area (TPSA) is 68.3 Å². The molecule has 0 aliphatic heterocycles. The van der Waals surface area contributed by atoms with Crippen LogP contribution in [0.25, 0.3) is 0 Å². The van der Waals surface area contributed by atoms with E-state index in [4.69, 9.17) is 4.74 Å². The minimum atomic E-state index is -0.395. The van der Waals surface area contributed by atoms with Crippen LogP contribution < -0.4 is 5.32 Å². The maximum absolute atomic E-state index is 11.5. The Morgan fingerprint density at radius 2 is 2.31 bits per heavy atom. The van der Waals surface area contributed by atoms with Crippen LogP contribution in [0.15, 0.2) is 0 Å². The van der Waals surface area contributed by atoms with E-state index in [1.165, 1.54) is 11.3 Å². The summed E-state index contributed by atoms with van der Waals surface area (Å²) in [6.07, 6.45) is 1.34. The third-order valence-corrected chi connectivity index (χ3v) is 3.07. The third-order valence-electron chi connectivity index (χ3n) is 1.87. The normalized spacial score (nSPS) is 9.88. The van der Waals surface area contributed by atoms with E-state index in [-0.39, 0.29) is 0 Å². The van der Waals surface area contributed by atoms with E-state index in [9.17, 15) is 9.59 Å². The molecule has 0 aliphatic rings. The molecule has 0 aromatic carbocycles. The molecule has 0 aliphatic carbocycles. The molecule has 6 heteroatoms. The van der Waals surface area contributed by atoms with Crippen molar-refractivity contribution in [1.82, 2.24) is 10.3 Å². The molecule has 0 fully saturated rings. The molecule has 0 unspecified atom stereocenters. The second kappa shape index (κ2) is 6.22. The zero-order chi connectivity index (χ0) is 12.0. The van der Waals surface area contributed by atoms with Gasteiger partial charge < -0.3 is 10.1 Å². The lowest BCUT2D eigenvalue weighted by Crippen LogP contribution is -2.11. The number of carbonyl (C=O) groups excluding carboxylic acids is 2. The number of rotatable bonds is 6. The molecular formula is C10H14N2O3S. The van der Waals surface area contributed by atoms with E-state index < -0.39 is 5.97 Å². The second-order valence-corrected chi connectivity index (χ2v) is 4.12. The van der Waals surface area contributed by atoms with Gasteiger partial charge in [-0.1, -0.05) is 6.92 Å². The summed E-state index contributed by atoms with van der Waals surface area (Å²) >= 11 is 1.42. The van der Waals surface area contributed by atoms with Crippen LogP contribution in [0, 0.1) is 0 Å². The number of aromatic nitrogens is 1. The van der Waals surface area contributed by atoms with Gasteiger partial charge in [0, 0.05) is 4.88 Å². The Morgan fingerprint density at radius 3 is 2.88 bits per heavy atom. The van der Waals surface area contributed by atoms with Gasteiger partial charge in [0.2, 0.25) is 6.41 Å². The third kappa shape index (κ3) is 3.03. The number of ether oxygens (including phenoxy) is 1. The standard InChI is InChI=1S/C10H14N2O3S/c1-3-7-9(10(14)15-4-2)12-8(16-7)5-11-6-13/h6H,3-5H2,1-2H3,(H,11,13). The molecule has 0 bridgehead atoms. The molecule has 88 valence electrons. The highest BCUT2D eigenvalue weighted by Gasteiger charge is 2.17. The summed E-state index contributed by atoms with van der Waals surface area (Å²) in [4.78, 5) is 26.7. The number of thiazole rings is 1. The summed E-state index contributed by atoms with van der Waals surface area (Å²) in [5, 5.41) is 3.23. The highest BCUT2D eigenvalue weighted by atomic mass is 32.1. The highest BCUT2D eigenvalue weighted by Crippen LogP contribution is 2.20. The van der Waals surface area contributed by atoms with Gasteiger partial charge in [-0.05, 0) is 13.3 Å². The molecule has 0 saturated heterocycles. The van der Waals surface area contributed by atoms with Gasteiger partial charge >= 0.3 is 5.97 Å². The van der Waals surface area contributed by atoms with Gasteiger partial charge in [-0.2, -0.15) is 0 Å². The predicted octanol–water partition coefficient (Wildman–Crippen LogP) is 1.13. The van der Waals surface area contributed by atoms with Gasteiger partial charge in [0.05, 0.1) is 13.2 Å². The van der Waals surface area contributed by atoms with Crippen LogP contribution in [0.3, 0.4) is 0 Å². The molecule has 16 heavy (non-hydrogen) atoms. The van der Waals surface area contributed by atoms with E-state index >= 15 is 0 Å². The summed E-state index contributed by atoms with van der Waals surface area (Å²) in [6.45, 7) is 4.39. The van der Waals surface area contributed by atoms with Crippen LogP contribution in [-0.4, -0.2) is 24.0 Å². The van der Waals surface area contributed by atoms with Crippen LogP contribution in [0.2, 0.25) is 0 Å². The molecule has 0 radical (unpaired) electrons. The number of carbonyl (C=O) groups is 2. The largest absolute Gasteiger partial charge is 0.461 e. The Kier molecular flexibility index (Phi) is 4.91. The molecular weight excluding hydrogens is 228 g/mol. The Hall–Kier alpha value is -1.43. The molecule has 1 heterocycles. The van der Waals surface area contributed by atoms with Crippen LogP contribution >= 0.6 is 11.3 Å². The summed E-state index contributed by atoms with van der Waals surface area (Å²) in [5.41, 5.74) is 0.372. The minimum Gasteiger partial charge on any atom is -0.461 e. The lowest BCUT2D eigenvalue weighted by atomic mass is 10.3. The molecule has 1 aromatic rings. The maximum atomic E-state index is 11.5. The van der Waals surface area contributed by atoms with E-state index in [1.54, 1.807) is 6.92 Å². The lowest BCUT2D eigenvalue weighted by Gasteiger charge is -1.99. The SMILES string of the molecule is CCOC(=O)c1nc(CNC=O)sc1CC. The van der Waals surface area contributed by atoms with Crippen molar-refractivity contribution in [2.45, 2.75) is 26.8 Å². The van der Waals surface area contributed by atoms with Crippen molar-refractivity contribution >= 4 is 23.7 Å². The Bertz CT molecular complexity index is 376. The highest BCUT2D eigenvalue weighted by molar-refractivity contribution is 7.11. The van der Waals surface area contributed by atoms with Crippen molar-refractivity contribution in [3.8, 4) is 0 Å². The molecule has 0 atom stereocenters. The first-order chi connectivity index (χ1) is 7.72. The number of aryl methyl sites for hydroxylation is 1. The first kappa shape index (κ1) is 12.6. The van der Waals surface area contributed by atoms with Gasteiger partial charge in [0.1, 0.15) is 5.01 Å². The predicted molar refractivity (Wildman–Crippen MR) is 60.4 cm³/mol. The van der Waals surface area contributed by atoms with E-state index in [0.717, 1.165) is 11.3 Å². The Morgan fingerprint density at radius 1 is 1.56 bits per heavy atom. The number of nitrogens with zero attached hydrogens (tertiary/aromatic N) is 1. The zero-order valence-electron chi connectivity index (χ0n) is 9.28. The van der Waals surface area contributed by atoms with Gasteiger partial charge in [0.25, 0.3) is 0 Å². The van der Waals surface area contributed by atoms with Gasteiger partial charge in [-0.3, -0.25) is 4.79 Å². The average molecular weight is 242 g/mol. The molecule has 1 N–H and O–H groups in total. The molecule has 1 aromatic heterocycles. The monoisotopic (exact) mass is 242 g/mol. The van der Waals surface area contributed by atoms with E-state index in [1.807, 2.05) is 6.92 Å². The molecule has 1 amide bonds. The fourth-order valence-electron chi connectivity index (χ4n) is 1.20. The zero-order valence-corrected chi connectivity index (χ0v) is 10.1. The molecule has 5 nitrogen and oxygen atoms in total. The Labute approximate surface area is 97.8 Å². The smallest absolute Gasteiger partial charge is 0.358 e. The van der Waals surface area contributed by atoms with Crippen molar-refractivity contribution in [3.05, 3.63) is 15.6 Å². The fourth-order valence-corrected chi connectivity index (χ4v) is 2.15. The van der Waals surface area contributed by atoms with E-state index in [0.29, 0.717) is 30.3 Å². The van der Waals surface area contributed by atoms with Crippen LogP contribution in [0.1, 0.15) is 34.2 Å². The first-order valence-corrected chi connectivity index (χ1v) is 5.87. The number of nitrogens with one attached hydrogen (secondary N) is 1. The summed E-state index contributed by atoms with van der Waals surface area (Å²) in [6, 6.07) is 0.